The number of rotatable bonds is 7. The molecule has 0 unspecified atom stereocenters. The molecule has 2 amide bonds. The average molecular weight is 436 g/mol. The zero-order chi connectivity index (χ0) is 21.8. The smallest absolute Gasteiger partial charge is 0.320 e. The van der Waals surface area contributed by atoms with Crippen molar-refractivity contribution in [1.29, 1.82) is 0 Å². The Morgan fingerprint density at radius 1 is 1.40 bits per heavy atom. The van der Waals surface area contributed by atoms with E-state index in [9.17, 15) is 9.18 Å². The second-order valence-corrected chi connectivity index (χ2v) is 7.66. The molecule has 162 valence electrons. The van der Waals surface area contributed by atoms with E-state index in [1.807, 2.05) is 19.9 Å². The van der Waals surface area contributed by atoms with Gasteiger partial charge in [-0.05, 0) is 37.9 Å². The number of fused-ring (bicyclic) bond motifs is 1. The monoisotopic (exact) mass is 435 g/mol. The van der Waals surface area contributed by atoms with E-state index in [2.05, 4.69) is 15.3 Å². The number of nitrogens with zero attached hydrogens (tertiary/aromatic N) is 4. The number of carbonyl (C=O) groups is 1. The van der Waals surface area contributed by atoms with Gasteiger partial charge >= 0.3 is 6.03 Å². The summed E-state index contributed by atoms with van der Waals surface area (Å²) in [5, 5.41) is 3.35. The van der Waals surface area contributed by atoms with Crippen LogP contribution in [0.1, 0.15) is 42.3 Å². The van der Waals surface area contributed by atoms with Crippen LogP contribution in [-0.2, 0) is 17.8 Å². The molecule has 3 rings (SSSR count). The van der Waals surface area contributed by atoms with Gasteiger partial charge in [0, 0.05) is 31.3 Å². The van der Waals surface area contributed by atoms with Crippen molar-refractivity contribution < 1.29 is 13.9 Å². The number of carbonyl (C=O) groups excluding carboxylic acids is 1. The molecule has 1 N–H and O–H groups in total. The molecule has 0 fully saturated rings. The third-order valence-electron chi connectivity index (χ3n) is 5.28. The van der Waals surface area contributed by atoms with E-state index < -0.39 is 0 Å². The Balaban J connectivity index is 1.81. The fourth-order valence-corrected chi connectivity index (χ4v) is 3.74. The number of benzene rings is 1. The number of hydrogen-bond acceptors (Lipinski definition) is 5. The molecule has 1 aromatic heterocycles. The van der Waals surface area contributed by atoms with Gasteiger partial charge in [-0.1, -0.05) is 18.2 Å². The number of halogens is 2. The number of aromatic nitrogens is 2. The number of anilines is 1. The molecule has 0 bridgehead atoms. The molecule has 30 heavy (non-hydrogen) atoms. The fourth-order valence-electron chi connectivity index (χ4n) is 3.56. The average Bonchev–Trinajstić information content (AvgIpc) is 3.14. The van der Waals surface area contributed by atoms with Gasteiger partial charge in [0.1, 0.15) is 11.6 Å². The SMILES string of the molecule is CCN(CCOC)C(=O)N1Cc2nc(Cl)nc(N[C@H](C)c3cccc(C)c3F)c2C1. The third-order valence-corrected chi connectivity index (χ3v) is 5.45. The van der Waals surface area contributed by atoms with Gasteiger partial charge in [-0.25, -0.2) is 19.2 Å². The van der Waals surface area contributed by atoms with Crippen LogP contribution in [0.2, 0.25) is 5.28 Å². The quantitative estimate of drug-likeness (QED) is 0.661. The highest BCUT2D eigenvalue weighted by Gasteiger charge is 2.31. The summed E-state index contributed by atoms with van der Waals surface area (Å²) in [4.78, 5) is 25.0. The van der Waals surface area contributed by atoms with Crippen molar-refractivity contribution in [2.24, 2.45) is 0 Å². The van der Waals surface area contributed by atoms with E-state index in [1.165, 1.54) is 0 Å². The van der Waals surface area contributed by atoms with Crippen molar-refractivity contribution in [3.8, 4) is 0 Å². The van der Waals surface area contributed by atoms with E-state index in [0.717, 1.165) is 5.56 Å². The lowest BCUT2D eigenvalue weighted by Gasteiger charge is -2.26. The van der Waals surface area contributed by atoms with E-state index in [4.69, 9.17) is 16.3 Å². The van der Waals surface area contributed by atoms with Crippen molar-refractivity contribution in [3.05, 3.63) is 51.7 Å². The molecule has 9 heteroatoms. The molecule has 1 aliphatic heterocycles. The molecule has 1 aliphatic rings. The van der Waals surface area contributed by atoms with Gasteiger partial charge in [0.25, 0.3) is 0 Å². The van der Waals surface area contributed by atoms with Crippen molar-refractivity contribution >= 4 is 23.4 Å². The maximum atomic E-state index is 14.5. The summed E-state index contributed by atoms with van der Waals surface area (Å²) in [5.41, 5.74) is 2.63. The maximum absolute atomic E-state index is 14.5. The van der Waals surface area contributed by atoms with Crippen LogP contribution in [0.5, 0.6) is 0 Å². The number of nitrogens with one attached hydrogen (secondary N) is 1. The van der Waals surface area contributed by atoms with Crippen molar-refractivity contribution in [1.82, 2.24) is 19.8 Å². The molecule has 0 saturated carbocycles. The Morgan fingerprint density at radius 3 is 2.87 bits per heavy atom. The first-order valence-corrected chi connectivity index (χ1v) is 10.3. The lowest BCUT2D eigenvalue weighted by molar-refractivity contribution is 0.127. The van der Waals surface area contributed by atoms with Gasteiger partial charge < -0.3 is 19.9 Å². The minimum Gasteiger partial charge on any atom is -0.383 e. The molecule has 2 aromatic rings. The van der Waals surface area contributed by atoms with Crippen LogP contribution in [0.15, 0.2) is 18.2 Å². The van der Waals surface area contributed by atoms with E-state index in [1.54, 1.807) is 36.0 Å². The number of ether oxygens (including phenoxy) is 1. The molecule has 7 nitrogen and oxygen atoms in total. The van der Waals surface area contributed by atoms with E-state index in [0.29, 0.717) is 55.4 Å². The second kappa shape index (κ2) is 9.57. The Labute approximate surface area is 181 Å². The van der Waals surface area contributed by atoms with Crippen LogP contribution < -0.4 is 5.32 Å². The Morgan fingerprint density at radius 2 is 2.17 bits per heavy atom. The number of methoxy groups -OCH3 is 1. The summed E-state index contributed by atoms with van der Waals surface area (Å²) in [5.74, 6) is 0.275. The summed E-state index contributed by atoms with van der Waals surface area (Å²) in [6, 6.07) is 4.87. The lowest BCUT2D eigenvalue weighted by Crippen LogP contribution is -2.42. The van der Waals surface area contributed by atoms with Crippen molar-refractivity contribution in [2.45, 2.75) is 39.9 Å². The molecule has 0 radical (unpaired) electrons. The topological polar surface area (TPSA) is 70.6 Å². The molecule has 0 spiro atoms. The van der Waals surface area contributed by atoms with Crippen molar-refractivity contribution in [2.75, 3.05) is 32.1 Å². The fraction of sp³-hybridized carbons (Fsp3) is 0.476. The van der Waals surface area contributed by atoms with Crippen molar-refractivity contribution in [3.63, 3.8) is 0 Å². The number of hydrogen-bond donors (Lipinski definition) is 1. The zero-order valence-electron chi connectivity index (χ0n) is 17.7. The molecule has 0 saturated heterocycles. The highest BCUT2D eigenvalue weighted by atomic mass is 35.5. The predicted octanol–water partition coefficient (Wildman–Crippen LogP) is 4.15. The molecule has 0 aliphatic carbocycles. The van der Waals surface area contributed by atoms with Gasteiger partial charge in [-0.15, -0.1) is 0 Å². The molecular weight excluding hydrogens is 409 g/mol. The minimum absolute atomic E-state index is 0.0904. The summed E-state index contributed by atoms with van der Waals surface area (Å²) in [6.07, 6.45) is 0. The molecule has 1 aromatic carbocycles. The maximum Gasteiger partial charge on any atom is 0.320 e. The number of aryl methyl sites for hydroxylation is 1. The number of urea groups is 1. The zero-order valence-corrected chi connectivity index (χ0v) is 18.5. The molecule has 1 atom stereocenters. The van der Waals surface area contributed by atoms with Gasteiger partial charge in [-0.2, -0.15) is 0 Å². The van der Waals surface area contributed by atoms with E-state index >= 15 is 0 Å². The Hall–Kier alpha value is -2.45. The number of likely N-dealkylation sites (N-methyl/N-ethyl adjacent to an activating group) is 1. The van der Waals surface area contributed by atoms with Gasteiger partial charge in [0.2, 0.25) is 5.28 Å². The van der Waals surface area contributed by atoms with Gasteiger partial charge in [0.15, 0.2) is 0 Å². The normalized spacial score (nSPS) is 13.9. The van der Waals surface area contributed by atoms with Crippen LogP contribution in [0.4, 0.5) is 15.0 Å². The van der Waals surface area contributed by atoms with Crippen LogP contribution in [0, 0.1) is 12.7 Å². The van der Waals surface area contributed by atoms with Crippen LogP contribution >= 0.6 is 11.6 Å². The first-order valence-electron chi connectivity index (χ1n) is 9.95. The lowest BCUT2D eigenvalue weighted by atomic mass is 10.0. The van der Waals surface area contributed by atoms with E-state index in [-0.39, 0.29) is 23.2 Å². The second-order valence-electron chi connectivity index (χ2n) is 7.32. The first kappa shape index (κ1) is 22.2. The number of amides is 2. The van der Waals surface area contributed by atoms with Crippen LogP contribution in [-0.4, -0.2) is 52.6 Å². The van der Waals surface area contributed by atoms with Gasteiger partial charge in [-0.3, -0.25) is 0 Å². The van der Waals surface area contributed by atoms with Gasteiger partial charge in [0.05, 0.1) is 31.4 Å². The summed E-state index contributed by atoms with van der Waals surface area (Å²) in [6.45, 7) is 7.80. The Bertz CT molecular complexity index is 927. The molecule has 2 heterocycles. The summed E-state index contributed by atoms with van der Waals surface area (Å²) >= 11 is 6.13. The summed E-state index contributed by atoms with van der Waals surface area (Å²) < 4.78 is 19.6. The third kappa shape index (κ3) is 4.65. The highest BCUT2D eigenvalue weighted by molar-refractivity contribution is 6.28. The first-order chi connectivity index (χ1) is 14.3. The standard InChI is InChI=1S/C21H27ClFN5O2/c1-5-27(9-10-30-4)21(29)28-11-16-17(12-28)25-20(22)26-19(16)24-14(3)15-8-6-7-13(2)18(15)23/h6-8,14H,5,9-12H2,1-4H3,(H,24,25,26)/t14-/m1/s1. The minimum atomic E-state index is -0.335. The van der Waals surface area contributed by atoms with Crippen LogP contribution in [0.25, 0.3) is 0 Å². The Kier molecular flexibility index (Phi) is 7.10. The molecular formula is C21H27ClFN5O2. The predicted molar refractivity (Wildman–Crippen MR) is 114 cm³/mol. The highest BCUT2D eigenvalue weighted by Crippen LogP contribution is 2.31. The largest absolute Gasteiger partial charge is 0.383 e. The summed E-state index contributed by atoms with van der Waals surface area (Å²) in [7, 11) is 1.61. The van der Waals surface area contributed by atoms with Crippen LogP contribution in [0.3, 0.4) is 0 Å².